The molecule has 4 saturated carbocycles. The summed E-state index contributed by atoms with van der Waals surface area (Å²) in [5.74, 6) is 6.01. The van der Waals surface area contributed by atoms with E-state index in [1.807, 2.05) is 71.6 Å². The zero-order valence-corrected chi connectivity index (χ0v) is 67.4. The van der Waals surface area contributed by atoms with Crippen molar-refractivity contribution < 1.29 is 38.4 Å². The summed E-state index contributed by atoms with van der Waals surface area (Å²) in [5, 5.41) is 14.5. The first kappa shape index (κ1) is 85.0. The van der Waals surface area contributed by atoms with E-state index in [-0.39, 0.29) is 36.7 Å². The average molecular weight is 1440 g/mol. The Labute approximate surface area is 635 Å². The summed E-state index contributed by atoms with van der Waals surface area (Å²) in [6, 6.07) is 25.3. The lowest BCUT2D eigenvalue weighted by Gasteiger charge is -2.61. The second-order valence-electron chi connectivity index (χ2n) is 34.3. The van der Waals surface area contributed by atoms with Crippen LogP contribution in [0.2, 0.25) is 0 Å². The van der Waals surface area contributed by atoms with Crippen LogP contribution in [0, 0.1) is 46.3 Å². The number of β-amino-alcohol motifs (C(OH)–C–C–N with tert-alkyl or cyclic N) is 1. The third-order valence-corrected chi connectivity index (χ3v) is 27.1. The minimum atomic E-state index is -1.11. The predicted molar refractivity (Wildman–Crippen MR) is 430 cm³/mol. The van der Waals surface area contributed by atoms with Crippen LogP contribution in [0.4, 0.5) is 4.79 Å². The Bertz CT molecular complexity index is 2780. The lowest BCUT2D eigenvalue weighted by molar-refractivity contribution is -0.141. The van der Waals surface area contributed by atoms with Crippen molar-refractivity contribution >= 4 is 17.9 Å². The van der Waals surface area contributed by atoms with E-state index in [4.69, 9.17) is 18.9 Å². The first-order chi connectivity index (χ1) is 50.8. The highest BCUT2D eigenvalue weighted by molar-refractivity contribution is 5.77. The van der Waals surface area contributed by atoms with Crippen molar-refractivity contribution in [2.24, 2.45) is 46.3 Å². The second kappa shape index (κ2) is 46.7. The third-order valence-electron chi connectivity index (χ3n) is 27.1. The lowest BCUT2D eigenvalue weighted by atomic mass is 9.44. The summed E-state index contributed by atoms with van der Waals surface area (Å²) in [4.78, 5) is 46.6. The van der Waals surface area contributed by atoms with Gasteiger partial charge in [0, 0.05) is 39.0 Å². The molecule has 5 aliphatic rings. The van der Waals surface area contributed by atoms with Gasteiger partial charge in [-0.15, -0.1) is 0 Å². The molecule has 104 heavy (non-hydrogen) atoms. The van der Waals surface area contributed by atoms with Gasteiger partial charge in [-0.05, 0) is 184 Å². The van der Waals surface area contributed by atoms with Crippen molar-refractivity contribution in [2.75, 3.05) is 40.4 Å². The number of hydrogen-bond donors (Lipinski definition) is 2. The molecule has 0 aromatic heterocycles. The van der Waals surface area contributed by atoms with Crippen molar-refractivity contribution in [1.82, 2.24) is 15.1 Å². The molecule has 586 valence electrons. The summed E-state index contributed by atoms with van der Waals surface area (Å²) in [7, 11) is 3.31. The molecule has 11 nitrogen and oxygen atoms in total. The quantitative estimate of drug-likeness (QED) is 0.0535. The van der Waals surface area contributed by atoms with Gasteiger partial charge >= 0.3 is 6.09 Å². The van der Waals surface area contributed by atoms with Gasteiger partial charge in [0.05, 0.1) is 33.0 Å². The van der Waals surface area contributed by atoms with Gasteiger partial charge in [0.2, 0.25) is 11.8 Å². The van der Waals surface area contributed by atoms with Gasteiger partial charge in [-0.25, -0.2) is 4.79 Å². The highest BCUT2D eigenvalue weighted by Gasteiger charge is 2.61. The number of rotatable bonds is 53. The number of ether oxygens (including phenoxy) is 4. The smallest absolute Gasteiger partial charge is 0.407 e. The molecule has 1 heterocycles. The molecule has 3 aromatic rings. The predicted octanol–water partition coefficient (Wildman–Crippen LogP) is 24.2. The van der Waals surface area contributed by atoms with E-state index in [1.54, 1.807) is 14.2 Å². The van der Waals surface area contributed by atoms with Gasteiger partial charge in [0.15, 0.2) is 0 Å². The number of nitrogens with one attached hydrogen (secondary N) is 1. The molecule has 1 aliphatic heterocycles. The van der Waals surface area contributed by atoms with Crippen LogP contribution in [-0.2, 0) is 31.3 Å². The minimum absolute atomic E-state index is 0.0180. The molecular formula is C93H151N3O8. The standard InChI is InChI=1S/C93H151N3O8/c1-8-10-12-14-16-18-20-22-24-26-28-30-32-34-36-44-68-95(69-45-37-35-33-31-29-27-25-23-21-19-17-15-13-11-9-2)88(98)62-49-74(3)84-60-61-85-83-59-54-78-70-82(63-65-91(78,4)86(83)64-66-92(84,85)5)104-90(100)94-67-43-39-42-48-89(99)96-72-79(97)71-87(96)93(76-46-40-38-41-47-76,77-52-57-81(102-7)58-53-77)103-73-75-50-55-80(101-6)56-51-75/h38,40-41,46-47,50-53,55-58,74,78-79,82-87,97H,8-37,39,42-45,48-49,54,59-73H2,1-7H3,(H,94,100). The van der Waals surface area contributed by atoms with Crippen LogP contribution < -0.4 is 14.8 Å². The number of likely N-dealkylation sites (tertiary alicyclic amines) is 1. The SMILES string of the molecule is CCCCCCCCCCCCCCCCCCN(CCCCCCCCCCCCCCCCCC)C(=O)CCC(C)C1CCC2C3CCC4CC(OC(=O)NCCCCCC(=O)N5CC(O)CC5C(OCc5ccc(OC)cc5)(c5ccccc5)c5ccc(OC)cc5)CCC4(C)C3CCC12C. The van der Waals surface area contributed by atoms with Crippen LogP contribution in [0.25, 0.3) is 0 Å². The highest BCUT2D eigenvalue weighted by atomic mass is 16.6. The number of methoxy groups -OCH3 is 2. The number of aliphatic hydroxyl groups excluding tert-OH is 1. The van der Waals surface area contributed by atoms with Crippen molar-refractivity contribution in [3.8, 4) is 11.5 Å². The average Bonchev–Trinajstić information content (AvgIpc) is 1.14. The number of aliphatic hydroxyl groups is 1. The molecular weight excluding hydrogens is 1290 g/mol. The maximum absolute atomic E-state index is 14.5. The van der Waals surface area contributed by atoms with Crippen LogP contribution in [0.1, 0.15) is 360 Å². The molecule has 0 bridgehead atoms. The molecule has 0 radical (unpaired) electrons. The van der Waals surface area contributed by atoms with Crippen LogP contribution in [0.5, 0.6) is 11.5 Å². The summed E-state index contributed by atoms with van der Waals surface area (Å²) in [6.45, 7) is 15.3. The van der Waals surface area contributed by atoms with Crippen LogP contribution in [0.3, 0.4) is 0 Å². The molecule has 4 aliphatic carbocycles. The number of carbonyl (C=O) groups excluding carboxylic acids is 3. The van der Waals surface area contributed by atoms with E-state index < -0.39 is 17.7 Å². The molecule has 5 fully saturated rings. The van der Waals surface area contributed by atoms with E-state index in [0.717, 1.165) is 110 Å². The first-order valence-corrected chi connectivity index (χ1v) is 43.9. The molecule has 0 spiro atoms. The summed E-state index contributed by atoms with van der Waals surface area (Å²) in [5.41, 5.74) is 2.26. The molecule has 3 aromatic carbocycles. The zero-order valence-electron chi connectivity index (χ0n) is 67.4. The number of hydrogen-bond acceptors (Lipinski definition) is 8. The van der Waals surface area contributed by atoms with E-state index in [9.17, 15) is 19.5 Å². The molecule has 11 heteroatoms. The Balaban J connectivity index is 0.741. The zero-order chi connectivity index (χ0) is 73.7. The number of benzene rings is 3. The van der Waals surface area contributed by atoms with E-state index in [0.29, 0.717) is 61.3 Å². The van der Waals surface area contributed by atoms with Crippen molar-refractivity contribution in [3.63, 3.8) is 0 Å². The molecule has 12 unspecified atom stereocenters. The van der Waals surface area contributed by atoms with Gasteiger partial charge in [-0.1, -0.05) is 288 Å². The fourth-order valence-corrected chi connectivity index (χ4v) is 20.9. The summed E-state index contributed by atoms with van der Waals surface area (Å²) >= 11 is 0. The van der Waals surface area contributed by atoms with E-state index in [1.165, 1.54) is 231 Å². The van der Waals surface area contributed by atoms with Crippen LogP contribution in [-0.4, -0.2) is 91.5 Å². The Kier molecular flexibility index (Phi) is 38.2. The molecule has 8 rings (SSSR count). The maximum Gasteiger partial charge on any atom is 0.407 e. The molecule has 1 saturated heterocycles. The van der Waals surface area contributed by atoms with Crippen molar-refractivity contribution in [2.45, 2.75) is 373 Å². The maximum atomic E-state index is 14.5. The van der Waals surface area contributed by atoms with Crippen LogP contribution in [0.15, 0.2) is 78.9 Å². The fraction of sp³-hybridized carbons (Fsp3) is 0.774. The van der Waals surface area contributed by atoms with Gasteiger partial charge in [-0.3, -0.25) is 9.59 Å². The second-order valence-corrected chi connectivity index (χ2v) is 34.3. The summed E-state index contributed by atoms with van der Waals surface area (Å²) < 4.78 is 24.5. The largest absolute Gasteiger partial charge is 0.497 e. The highest BCUT2D eigenvalue weighted by Crippen LogP contribution is 2.68. The van der Waals surface area contributed by atoms with Crippen molar-refractivity contribution in [1.29, 1.82) is 0 Å². The van der Waals surface area contributed by atoms with E-state index >= 15 is 0 Å². The fourth-order valence-electron chi connectivity index (χ4n) is 20.9. The monoisotopic (exact) mass is 1440 g/mol. The van der Waals surface area contributed by atoms with Crippen molar-refractivity contribution in [3.05, 3.63) is 95.6 Å². The Hall–Kier alpha value is -4.61. The van der Waals surface area contributed by atoms with Gasteiger partial charge in [-0.2, -0.15) is 0 Å². The van der Waals surface area contributed by atoms with Crippen LogP contribution >= 0.6 is 0 Å². The minimum Gasteiger partial charge on any atom is -0.497 e. The Morgan fingerprint density at radius 2 is 1.04 bits per heavy atom. The van der Waals surface area contributed by atoms with E-state index in [2.05, 4.69) is 57.0 Å². The third kappa shape index (κ3) is 25.8. The topological polar surface area (TPSA) is 127 Å². The molecule has 2 N–H and O–H groups in total. The number of alkyl carbamates (subject to hydrolysis) is 1. The Morgan fingerprint density at radius 1 is 0.548 bits per heavy atom. The van der Waals surface area contributed by atoms with Gasteiger partial charge < -0.3 is 39.2 Å². The number of carbonyl (C=O) groups is 3. The number of nitrogens with zero attached hydrogens (tertiary/aromatic N) is 2. The summed E-state index contributed by atoms with van der Waals surface area (Å²) in [6.07, 6.45) is 58.4. The van der Waals surface area contributed by atoms with Gasteiger partial charge in [0.1, 0.15) is 23.2 Å². The first-order valence-electron chi connectivity index (χ1n) is 43.9. The molecule has 12 atom stereocenters. The number of amides is 3. The number of fused-ring (bicyclic) bond motifs is 5. The molecule has 3 amide bonds. The van der Waals surface area contributed by atoms with Gasteiger partial charge in [0.25, 0.3) is 0 Å². The lowest BCUT2D eigenvalue weighted by Crippen LogP contribution is -2.54. The number of unbranched alkanes of at least 4 members (excludes halogenated alkanes) is 32. The Morgan fingerprint density at radius 3 is 1.58 bits per heavy atom. The normalized spacial score (nSPS) is 24.4.